The van der Waals surface area contributed by atoms with Crippen LogP contribution in [0.4, 0.5) is 0 Å². The number of rotatable bonds is 2. The van der Waals surface area contributed by atoms with Gasteiger partial charge in [-0.05, 0) is 161 Å². The highest BCUT2D eigenvalue weighted by atomic mass is 14.4. The van der Waals surface area contributed by atoms with E-state index in [-0.39, 0.29) is 10.8 Å². The average molecular weight is 751 g/mol. The van der Waals surface area contributed by atoms with Crippen molar-refractivity contribution >= 4 is 64.6 Å². The molecule has 2 aliphatic rings. The van der Waals surface area contributed by atoms with Crippen LogP contribution in [0.3, 0.4) is 0 Å². The minimum Gasteiger partial charge on any atom is -0.0622 e. The molecule has 0 heterocycles. The summed E-state index contributed by atoms with van der Waals surface area (Å²) in [7, 11) is 0. The minimum atomic E-state index is -0.117. The molecule has 278 valence electrons. The smallest absolute Gasteiger partial charge is 0.0159 e. The predicted molar refractivity (Wildman–Crippen MR) is 254 cm³/mol. The monoisotopic (exact) mass is 750 g/mol. The summed E-state index contributed by atoms with van der Waals surface area (Å²) in [6.45, 7) is 11.9. The molecule has 0 saturated heterocycles. The van der Waals surface area contributed by atoms with Crippen LogP contribution in [0, 0.1) is 0 Å². The van der Waals surface area contributed by atoms with Crippen LogP contribution in [0.15, 0.2) is 164 Å². The van der Waals surface area contributed by atoms with Crippen molar-refractivity contribution in [2.75, 3.05) is 0 Å². The molecule has 0 spiro atoms. The van der Waals surface area contributed by atoms with E-state index >= 15 is 0 Å². The Labute approximate surface area is 344 Å². The zero-order chi connectivity index (χ0) is 39.5. The van der Waals surface area contributed by atoms with Gasteiger partial charge in [-0.2, -0.15) is 0 Å². The third-order valence-corrected chi connectivity index (χ3v) is 14.3. The van der Waals surface area contributed by atoms with E-state index < -0.39 is 0 Å². The second-order valence-corrected chi connectivity index (χ2v) is 18.8. The van der Waals surface area contributed by atoms with Crippen molar-refractivity contribution in [1.82, 2.24) is 0 Å². The number of hydrogen-bond donors (Lipinski definition) is 0. The number of fused-ring (bicyclic) bond motifs is 11. The van der Waals surface area contributed by atoms with Gasteiger partial charge in [0.05, 0.1) is 0 Å². The number of benzene rings is 11. The van der Waals surface area contributed by atoms with Crippen LogP contribution in [-0.4, -0.2) is 0 Å². The van der Waals surface area contributed by atoms with Crippen LogP contribution in [0.1, 0.15) is 51.3 Å². The summed E-state index contributed by atoms with van der Waals surface area (Å²) >= 11 is 0. The zero-order valence-electron chi connectivity index (χ0n) is 34.1. The molecule has 0 nitrogen and oxygen atoms in total. The van der Waals surface area contributed by atoms with Crippen molar-refractivity contribution in [3.8, 4) is 55.6 Å². The maximum absolute atomic E-state index is 2.57. The summed E-state index contributed by atoms with van der Waals surface area (Å²) in [6, 6.07) is 62.7. The topological polar surface area (TPSA) is 0 Å². The van der Waals surface area contributed by atoms with E-state index in [1.54, 1.807) is 0 Å². The Kier molecular flexibility index (Phi) is 6.34. The molecule has 0 aliphatic heterocycles. The number of hydrogen-bond acceptors (Lipinski definition) is 0. The second-order valence-electron chi connectivity index (χ2n) is 18.8. The maximum Gasteiger partial charge on any atom is 0.0159 e. The van der Waals surface area contributed by atoms with Crippen molar-refractivity contribution in [3.63, 3.8) is 0 Å². The molecular formula is C59H42. The highest BCUT2D eigenvalue weighted by Crippen LogP contribution is 2.58. The normalized spacial score (nSPS) is 14.0. The molecule has 0 atom stereocenters. The van der Waals surface area contributed by atoms with E-state index in [0.29, 0.717) is 0 Å². The van der Waals surface area contributed by atoms with E-state index in [1.165, 1.54) is 137 Å². The molecule has 0 saturated carbocycles. The molecule has 0 amide bonds. The Bertz CT molecular complexity index is 3520. The zero-order valence-corrected chi connectivity index (χ0v) is 34.1. The Hall–Kier alpha value is -6.76. The first-order chi connectivity index (χ1) is 28.7. The van der Waals surface area contributed by atoms with Crippen LogP contribution in [0.2, 0.25) is 0 Å². The molecule has 0 bridgehead atoms. The van der Waals surface area contributed by atoms with Gasteiger partial charge in [0.2, 0.25) is 0 Å². The molecule has 0 N–H and O–H groups in total. The molecule has 13 rings (SSSR count). The van der Waals surface area contributed by atoms with Gasteiger partial charge in [-0.3, -0.25) is 0 Å². The molecule has 2 aliphatic carbocycles. The standard InChI is InChI=1S/C59H42/c1-58(2,3)35-23-24-43-50(29-35)59(4,5)51-32-49-42-28-27-41-46-31-48-47(30-45(46)40-26-25-39(56(42)57(40)41)38-21-14-22-44(54(38)49)55(43)51)52(33-15-8-6-9-16-33)36-19-12-13-20-37(36)53(48)34-17-10-7-11-18-34/h6-32H,1-5H3. The van der Waals surface area contributed by atoms with Crippen molar-refractivity contribution in [2.24, 2.45) is 0 Å². The fourth-order valence-corrected chi connectivity index (χ4v) is 11.5. The van der Waals surface area contributed by atoms with Gasteiger partial charge in [0, 0.05) is 5.41 Å². The molecule has 11 aromatic rings. The van der Waals surface area contributed by atoms with Crippen LogP contribution in [0.5, 0.6) is 0 Å². The van der Waals surface area contributed by atoms with Gasteiger partial charge in [-0.1, -0.05) is 180 Å². The average Bonchev–Trinajstić information content (AvgIpc) is 3.69. The Morgan fingerprint density at radius 1 is 0.322 bits per heavy atom. The lowest BCUT2D eigenvalue weighted by Crippen LogP contribution is -2.17. The summed E-state index contributed by atoms with van der Waals surface area (Å²) in [5.74, 6) is 0. The first kappa shape index (κ1) is 33.2. The van der Waals surface area contributed by atoms with E-state index in [4.69, 9.17) is 0 Å². The summed E-state index contributed by atoms with van der Waals surface area (Å²) in [5.41, 5.74) is 17.5. The van der Waals surface area contributed by atoms with Crippen LogP contribution in [-0.2, 0) is 10.8 Å². The Morgan fingerprint density at radius 3 is 1.42 bits per heavy atom. The van der Waals surface area contributed by atoms with Gasteiger partial charge in [0.1, 0.15) is 0 Å². The van der Waals surface area contributed by atoms with Crippen molar-refractivity contribution in [3.05, 3.63) is 180 Å². The van der Waals surface area contributed by atoms with Gasteiger partial charge in [-0.25, -0.2) is 0 Å². The quantitative estimate of drug-likeness (QED) is 0.122. The molecule has 0 aromatic heterocycles. The van der Waals surface area contributed by atoms with Crippen LogP contribution in [0.25, 0.3) is 120 Å². The van der Waals surface area contributed by atoms with Gasteiger partial charge >= 0.3 is 0 Å². The lowest BCUT2D eigenvalue weighted by molar-refractivity contribution is 0.585. The highest BCUT2D eigenvalue weighted by Gasteiger charge is 2.38. The van der Waals surface area contributed by atoms with Crippen LogP contribution < -0.4 is 0 Å². The lowest BCUT2D eigenvalue weighted by Gasteiger charge is -2.25. The second kappa shape index (κ2) is 11.2. The van der Waals surface area contributed by atoms with Gasteiger partial charge in [-0.15, -0.1) is 0 Å². The maximum atomic E-state index is 2.57. The third kappa shape index (κ3) is 4.24. The van der Waals surface area contributed by atoms with Crippen molar-refractivity contribution < 1.29 is 0 Å². The highest BCUT2D eigenvalue weighted by molar-refractivity contribution is 6.39. The first-order valence-corrected chi connectivity index (χ1v) is 21.2. The van der Waals surface area contributed by atoms with Gasteiger partial charge in [0.25, 0.3) is 0 Å². The van der Waals surface area contributed by atoms with Crippen molar-refractivity contribution in [2.45, 2.75) is 45.4 Å². The summed E-state index contributed by atoms with van der Waals surface area (Å²) in [6.07, 6.45) is 0. The predicted octanol–water partition coefficient (Wildman–Crippen LogP) is 16.6. The Balaban J connectivity index is 1.13. The Morgan fingerprint density at radius 2 is 0.831 bits per heavy atom. The minimum absolute atomic E-state index is 0.0886. The first-order valence-electron chi connectivity index (χ1n) is 21.2. The molecule has 59 heavy (non-hydrogen) atoms. The molecule has 11 aromatic carbocycles. The molecule has 0 radical (unpaired) electrons. The van der Waals surface area contributed by atoms with Crippen LogP contribution >= 0.6 is 0 Å². The largest absolute Gasteiger partial charge is 0.0622 e. The fraction of sp³-hybridized carbons (Fsp3) is 0.119. The third-order valence-electron chi connectivity index (χ3n) is 14.3. The lowest BCUT2D eigenvalue weighted by atomic mass is 9.78. The molecular weight excluding hydrogens is 709 g/mol. The van der Waals surface area contributed by atoms with Gasteiger partial charge < -0.3 is 0 Å². The summed E-state index contributed by atoms with van der Waals surface area (Å²) in [4.78, 5) is 0. The molecule has 0 fully saturated rings. The fourth-order valence-electron chi connectivity index (χ4n) is 11.5. The van der Waals surface area contributed by atoms with E-state index in [9.17, 15) is 0 Å². The van der Waals surface area contributed by atoms with E-state index in [0.717, 1.165) is 0 Å². The summed E-state index contributed by atoms with van der Waals surface area (Å²) in [5, 5.41) is 16.1. The van der Waals surface area contributed by atoms with E-state index in [2.05, 4.69) is 198 Å². The molecule has 0 unspecified atom stereocenters. The van der Waals surface area contributed by atoms with Crippen molar-refractivity contribution in [1.29, 1.82) is 0 Å². The molecule has 0 heteroatoms. The SMILES string of the molecule is CC(C)(C)c1ccc2c(c1)C(C)(C)c1cc3c4ccc5c6c(ccc(c7cccc(c1-2)c73)c64)-c1cc2c(-c3ccccc3)c3ccccc3c(-c3ccccc3)c2cc1-5. The summed E-state index contributed by atoms with van der Waals surface area (Å²) < 4.78 is 0. The van der Waals surface area contributed by atoms with E-state index in [1.807, 2.05) is 0 Å². The van der Waals surface area contributed by atoms with Gasteiger partial charge in [0.15, 0.2) is 0 Å².